The molecule has 0 radical (unpaired) electrons. The van der Waals surface area contributed by atoms with E-state index < -0.39 is 5.92 Å². The van der Waals surface area contributed by atoms with E-state index in [0.717, 1.165) is 40.6 Å². The maximum Gasteiger partial charge on any atom is 0.219 e. The topological polar surface area (TPSA) is 95.9 Å². The van der Waals surface area contributed by atoms with Gasteiger partial charge in [0.2, 0.25) is 5.13 Å². The molecule has 3 heterocycles. The SMILES string of the molecule is CCSc1sc(CC)cc1[C@@H]1C(C#N)=C(N)N(c2nnc(SC(C)C)s2)C2=C1C(=O)CCC2. The second kappa shape index (κ2) is 10.2. The smallest absolute Gasteiger partial charge is 0.219 e. The zero-order valence-corrected chi connectivity index (χ0v) is 22.4. The van der Waals surface area contributed by atoms with Gasteiger partial charge in [0.25, 0.3) is 0 Å². The third-order valence-corrected chi connectivity index (χ3v) is 10.0. The summed E-state index contributed by atoms with van der Waals surface area (Å²) in [5.41, 5.74) is 9.74. The Labute approximate surface area is 211 Å². The number of aromatic nitrogens is 2. The van der Waals surface area contributed by atoms with E-state index in [2.05, 4.69) is 50.0 Å². The number of nitriles is 1. The number of aryl methyl sites for hydroxylation is 1. The van der Waals surface area contributed by atoms with Crippen LogP contribution in [-0.4, -0.2) is 27.0 Å². The first-order valence-corrected chi connectivity index (χ1v) is 14.6. The zero-order chi connectivity index (χ0) is 23.7. The molecule has 1 aliphatic heterocycles. The number of thiophene rings is 1. The van der Waals surface area contributed by atoms with E-state index in [4.69, 9.17) is 5.73 Å². The lowest BCUT2D eigenvalue weighted by molar-refractivity contribution is -0.116. The van der Waals surface area contributed by atoms with Gasteiger partial charge in [0.05, 0.1) is 21.8 Å². The lowest BCUT2D eigenvalue weighted by Crippen LogP contribution is -2.38. The third kappa shape index (κ3) is 4.61. The molecule has 0 amide bonds. The minimum Gasteiger partial charge on any atom is -0.384 e. The van der Waals surface area contributed by atoms with Crippen LogP contribution in [0.25, 0.3) is 0 Å². The molecular formula is C23H27N5OS4. The fourth-order valence-corrected chi connectivity index (χ4v) is 8.70. The van der Waals surface area contributed by atoms with Crippen LogP contribution < -0.4 is 10.6 Å². The molecule has 0 unspecified atom stereocenters. The molecule has 2 aromatic rings. The van der Waals surface area contributed by atoms with Gasteiger partial charge in [-0.3, -0.25) is 9.69 Å². The van der Waals surface area contributed by atoms with Crippen molar-refractivity contribution < 1.29 is 4.79 Å². The molecule has 1 aliphatic carbocycles. The largest absolute Gasteiger partial charge is 0.384 e. The Morgan fingerprint density at radius 3 is 2.76 bits per heavy atom. The second-order valence-corrected chi connectivity index (χ2v) is 13.5. The summed E-state index contributed by atoms with van der Waals surface area (Å²) < 4.78 is 2.02. The summed E-state index contributed by atoms with van der Waals surface area (Å²) in [4.78, 5) is 16.4. The van der Waals surface area contributed by atoms with E-state index in [1.807, 2.05) is 4.90 Å². The molecule has 6 nitrogen and oxygen atoms in total. The van der Waals surface area contributed by atoms with Crippen molar-refractivity contribution in [3.63, 3.8) is 0 Å². The van der Waals surface area contributed by atoms with Gasteiger partial charge >= 0.3 is 0 Å². The average Bonchev–Trinajstić information content (AvgIpc) is 3.39. The standard InChI is InChI=1S/C23H27N5OS4/c1-5-13-10-14(21(32-13)30-6-2)18-15(11-24)20(25)28(16-8-7-9-17(29)19(16)18)22-26-27-23(33-22)31-12(3)4/h10,12,18H,5-9,25H2,1-4H3/t18-/m1/s1. The van der Waals surface area contributed by atoms with Gasteiger partial charge in [-0.05, 0) is 36.6 Å². The van der Waals surface area contributed by atoms with E-state index >= 15 is 0 Å². The fourth-order valence-electron chi connectivity index (χ4n) is 4.22. The molecule has 0 saturated carbocycles. The van der Waals surface area contributed by atoms with Crippen molar-refractivity contribution in [1.82, 2.24) is 10.2 Å². The van der Waals surface area contributed by atoms with Gasteiger partial charge in [-0.2, -0.15) is 5.26 Å². The molecule has 0 aromatic carbocycles. The summed E-state index contributed by atoms with van der Waals surface area (Å²) in [6, 6.07) is 4.53. The van der Waals surface area contributed by atoms with Gasteiger partial charge in [-0.25, -0.2) is 0 Å². The highest BCUT2D eigenvalue weighted by Crippen LogP contribution is 2.50. The first kappa shape index (κ1) is 24.3. The number of allylic oxidation sites excluding steroid dienone is 3. The molecule has 0 fully saturated rings. The molecule has 0 saturated heterocycles. The van der Waals surface area contributed by atoms with E-state index in [-0.39, 0.29) is 5.78 Å². The maximum absolute atomic E-state index is 13.4. The number of nitrogens with zero attached hydrogens (tertiary/aromatic N) is 4. The van der Waals surface area contributed by atoms with Crippen LogP contribution >= 0.6 is 46.2 Å². The molecule has 33 heavy (non-hydrogen) atoms. The number of rotatable bonds is 7. The van der Waals surface area contributed by atoms with Crippen LogP contribution in [0.15, 0.2) is 37.3 Å². The van der Waals surface area contributed by atoms with Crippen LogP contribution in [-0.2, 0) is 11.2 Å². The summed E-state index contributed by atoms with van der Waals surface area (Å²) in [6.07, 6.45) is 2.91. The van der Waals surface area contributed by atoms with Crippen molar-refractivity contribution in [2.45, 2.75) is 73.1 Å². The quantitative estimate of drug-likeness (QED) is 0.442. The first-order chi connectivity index (χ1) is 15.9. The first-order valence-electron chi connectivity index (χ1n) is 11.1. The monoisotopic (exact) mass is 517 g/mol. The average molecular weight is 518 g/mol. The number of nitrogens with two attached hydrogens (primary N) is 1. The number of carbonyl (C=O) groups is 1. The van der Waals surface area contributed by atoms with E-state index in [1.54, 1.807) is 34.9 Å². The molecule has 10 heteroatoms. The molecule has 2 aromatic heterocycles. The molecule has 0 bridgehead atoms. The Balaban J connectivity index is 1.90. The normalized spacial score (nSPS) is 18.8. The van der Waals surface area contributed by atoms with E-state index in [0.29, 0.717) is 33.8 Å². The maximum atomic E-state index is 13.4. The number of hydrogen-bond donors (Lipinski definition) is 1. The lowest BCUT2D eigenvalue weighted by Gasteiger charge is -2.38. The van der Waals surface area contributed by atoms with Gasteiger partial charge in [-0.1, -0.05) is 50.8 Å². The third-order valence-electron chi connectivity index (χ3n) is 5.55. The number of anilines is 1. The Hall–Kier alpha value is -1.80. The number of ketones is 1. The fraction of sp³-hybridized carbons (Fsp3) is 0.478. The Kier molecular flexibility index (Phi) is 7.53. The van der Waals surface area contributed by atoms with Gasteiger partial charge in [0, 0.05) is 27.8 Å². The Morgan fingerprint density at radius 2 is 2.09 bits per heavy atom. The van der Waals surface area contributed by atoms with Crippen molar-refractivity contribution >= 4 is 57.1 Å². The van der Waals surface area contributed by atoms with Crippen molar-refractivity contribution in [1.29, 1.82) is 5.26 Å². The van der Waals surface area contributed by atoms with Crippen LogP contribution in [0.4, 0.5) is 5.13 Å². The minimum atomic E-state index is -0.419. The van der Waals surface area contributed by atoms with Gasteiger partial charge in [0.1, 0.15) is 5.82 Å². The summed E-state index contributed by atoms with van der Waals surface area (Å²) >= 11 is 6.62. The summed E-state index contributed by atoms with van der Waals surface area (Å²) in [6.45, 7) is 8.47. The van der Waals surface area contributed by atoms with Crippen LogP contribution in [0.1, 0.15) is 63.3 Å². The molecule has 0 spiro atoms. The number of Topliss-reactive ketones (excluding diaryl/α,β-unsaturated/α-hetero) is 1. The summed E-state index contributed by atoms with van der Waals surface area (Å²) in [5.74, 6) is 0.976. The van der Waals surface area contributed by atoms with E-state index in [1.165, 1.54) is 20.4 Å². The van der Waals surface area contributed by atoms with E-state index in [9.17, 15) is 10.1 Å². The van der Waals surface area contributed by atoms with Crippen molar-refractivity contribution in [2.24, 2.45) is 5.73 Å². The molecule has 174 valence electrons. The number of carbonyl (C=O) groups excluding carboxylic acids is 1. The zero-order valence-electron chi connectivity index (χ0n) is 19.2. The summed E-state index contributed by atoms with van der Waals surface area (Å²) in [5, 5.41) is 20.0. The Bertz CT molecular complexity index is 1170. The molecule has 1 atom stereocenters. The Morgan fingerprint density at radius 1 is 1.30 bits per heavy atom. The highest BCUT2D eigenvalue weighted by atomic mass is 32.2. The molecule has 2 N–H and O–H groups in total. The van der Waals surface area contributed by atoms with Gasteiger partial charge in [-0.15, -0.1) is 33.3 Å². The van der Waals surface area contributed by atoms with Crippen LogP contribution in [0.5, 0.6) is 0 Å². The van der Waals surface area contributed by atoms with Crippen molar-refractivity contribution in [3.05, 3.63) is 39.2 Å². The molecule has 4 rings (SSSR count). The lowest BCUT2D eigenvalue weighted by atomic mass is 9.76. The van der Waals surface area contributed by atoms with Crippen molar-refractivity contribution in [2.75, 3.05) is 10.7 Å². The van der Waals surface area contributed by atoms with Crippen molar-refractivity contribution in [3.8, 4) is 6.07 Å². The minimum absolute atomic E-state index is 0.101. The highest BCUT2D eigenvalue weighted by molar-refractivity contribution is 8.01. The van der Waals surface area contributed by atoms with Gasteiger partial charge < -0.3 is 5.73 Å². The van der Waals surface area contributed by atoms with Crippen LogP contribution in [0, 0.1) is 11.3 Å². The number of hydrogen-bond acceptors (Lipinski definition) is 10. The molecule has 2 aliphatic rings. The van der Waals surface area contributed by atoms with Crippen LogP contribution in [0.2, 0.25) is 0 Å². The van der Waals surface area contributed by atoms with Gasteiger partial charge in [0.15, 0.2) is 10.1 Å². The predicted octanol–water partition coefficient (Wildman–Crippen LogP) is 6.08. The molecular weight excluding hydrogens is 491 g/mol. The number of thioether (sulfide) groups is 2. The van der Waals surface area contributed by atoms with Crippen LogP contribution in [0.3, 0.4) is 0 Å². The summed E-state index contributed by atoms with van der Waals surface area (Å²) in [7, 11) is 0. The highest BCUT2D eigenvalue weighted by Gasteiger charge is 2.42. The predicted molar refractivity (Wildman–Crippen MR) is 139 cm³/mol. The second-order valence-electron chi connectivity index (χ2n) is 8.08.